The van der Waals surface area contributed by atoms with Gasteiger partial charge in [-0.15, -0.1) is 0 Å². The van der Waals surface area contributed by atoms with E-state index in [1.54, 1.807) is 12.1 Å². The zero-order chi connectivity index (χ0) is 16.7. The van der Waals surface area contributed by atoms with Gasteiger partial charge in [-0.2, -0.15) is 5.26 Å². The van der Waals surface area contributed by atoms with Crippen molar-refractivity contribution >= 4 is 40.3 Å². The highest BCUT2D eigenvalue weighted by atomic mass is 35.5. The van der Waals surface area contributed by atoms with Crippen LogP contribution in [0.2, 0.25) is 10.0 Å². The maximum absolute atomic E-state index is 12.5. The molecule has 112 valence electrons. The Morgan fingerprint density at radius 3 is 1.91 bits per heavy atom. The first-order chi connectivity index (χ1) is 11.0. The Bertz CT molecular complexity index is 895. The van der Waals surface area contributed by atoms with Crippen molar-refractivity contribution in [1.29, 1.82) is 5.26 Å². The molecule has 3 rings (SSSR count). The predicted octanol–water partition coefficient (Wildman–Crippen LogP) is 4.06. The first kappa shape index (κ1) is 15.3. The van der Waals surface area contributed by atoms with Gasteiger partial charge in [0.15, 0.2) is 17.3 Å². The highest BCUT2D eigenvalue weighted by Crippen LogP contribution is 2.37. The van der Waals surface area contributed by atoms with Crippen LogP contribution in [0.4, 0.5) is 0 Å². The van der Waals surface area contributed by atoms with Crippen LogP contribution < -0.4 is 0 Å². The number of phenolic OH excluding ortho intramolecular Hbond substituents is 1. The maximum Gasteiger partial charge on any atom is 0.199 e. The summed E-state index contributed by atoms with van der Waals surface area (Å²) in [6.45, 7) is 0. The third-order valence-corrected chi connectivity index (χ3v) is 4.11. The van der Waals surface area contributed by atoms with E-state index in [0.717, 1.165) is 0 Å². The number of hydrogen-bond acceptors (Lipinski definition) is 4. The Balaban J connectivity index is 2.27. The summed E-state index contributed by atoms with van der Waals surface area (Å²) >= 11 is 11.7. The van der Waals surface area contributed by atoms with Crippen molar-refractivity contribution in [2.24, 2.45) is 0 Å². The molecule has 0 saturated carbocycles. The second-order valence-electron chi connectivity index (χ2n) is 4.85. The lowest BCUT2D eigenvalue weighted by Crippen LogP contribution is -2.04. The molecular formula is C17H7Cl2NO3. The summed E-state index contributed by atoms with van der Waals surface area (Å²) in [5.41, 5.74) is 0.378. The van der Waals surface area contributed by atoms with Crippen LogP contribution in [0.15, 0.2) is 42.0 Å². The molecule has 0 heterocycles. The number of halogens is 2. The molecule has 0 fully saturated rings. The summed E-state index contributed by atoms with van der Waals surface area (Å²) < 4.78 is 0. The fourth-order valence-electron chi connectivity index (χ4n) is 2.45. The Labute approximate surface area is 141 Å². The molecule has 1 aliphatic rings. The van der Waals surface area contributed by atoms with Crippen molar-refractivity contribution in [3.63, 3.8) is 0 Å². The second-order valence-corrected chi connectivity index (χ2v) is 5.67. The van der Waals surface area contributed by atoms with Crippen molar-refractivity contribution in [1.82, 2.24) is 0 Å². The highest BCUT2D eigenvalue weighted by Gasteiger charge is 2.35. The standard InChI is InChI=1S/C17H7Cl2NO3/c18-12-5-8(6-13(19)17(12)23)11(7-20)14-15(21)9-3-1-2-4-10(9)16(14)22/h1-6,23H. The molecule has 4 nitrogen and oxygen atoms in total. The summed E-state index contributed by atoms with van der Waals surface area (Å²) in [7, 11) is 0. The number of fused-ring (bicyclic) bond motifs is 1. The first-order valence-corrected chi connectivity index (χ1v) is 7.22. The van der Waals surface area contributed by atoms with Gasteiger partial charge in [-0.25, -0.2) is 0 Å². The molecule has 0 radical (unpaired) electrons. The number of carbonyl (C=O) groups is 2. The monoisotopic (exact) mass is 343 g/mol. The highest BCUT2D eigenvalue weighted by molar-refractivity contribution is 6.43. The van der Waals surface area contributed by atoms with Gasteiger partial charge in [0.1, 0.15) is 6.07 Å². The van der Waals surface area contributed by atoms with Crippen LogP contribution in [-0.4, -0.2) is 16.7 Å². The van der Waals surface area contributed by atoms with Gasteiger partial charge in [0.2, 0.25) is 0 Å². The number of phenols is 1. The first-order valence-electron chi connectivity index (χ1n) is 6.47. The molecule has 0 unspecified atom stereocenters. The van der Waals surface area contributed by atoms with Gasteiger partial charge in [0.25, 0.3) is 0 Å². The molecule has 23 heavy (non-hydrogen) atoms. The summed E-state index contributed by atoms with van der Waals surface area (Å²) in [5, 5.41) is 18.9. The van der Waals surface area contributed by atoms with Gasteiger partial charge in [0.05, 0.1) is 21.2 Å². The zero-order valence-electron chi connectivity index (χ0n) is 11.4. The van der Waals surface area contributed by atoms with Crippen molar-refractivity contribution in [3.8, 4) is 11.8 Å². The van der Waals surface area contributed by atoms with E-state index in [4.69, 9.17) is 23.2 Å². The summed E-state index contributed by atoms with van der Waals surface area (Å²) in [6, 6.07) is 10.8. The fourth-order valence-corrected chi connectivity index (χ4v) is 2.94. The average Bonchev–Trinajstić information content (AvgIpc) is 2.79. The largest absolute Gasteiger partial charge is 0.505 e. The maximum atomic E-state index is 12.5. The molecule has 0 aliphatic heterocycles. The number of carbonyl (C=O) groups excluding carboxylic acids is 2. The molecule has 0 saturated heterocycles. The summed E-state index contributed by atoms with van der Waals surface area (Å²) in [6.07, 6.45) is 0. The van der Waals surface area contributed by atoms with Crippen molar-refractivity contribution in [2.45, 2.75) is 0 Å². The zero-order valence-corrected chi connectivity index (χ0v) is 12.9. The Morgan fingerprint density at radius 1 is 1.00 bits per heavy atom. The molecule has 0 aromatic heterocycles. The van der Waals surface area contributed by atoms with E-state index in [0.29, 0.717) is 0 Å². The van der Waals surface area contributed by atoms with Crippen molar-refractivity contribution < 1.29 is 14.7 Å². The van der Waals surface area contributed by atoms with Crippen LogP contribution in [0, 0.1) is 11.3 Å². The second kappa shape index (κ2) is 5.54. The van der Waals surface area contributed by atoms with E-state index in [1.165, 1.54) is 24.3 Å². The molecular weight excluding hydrogens is 337 g/mol. The van der Waals surface area contributed by atoms with Gasteiger partial charge in [-0.05, 0) is 17.7 Å². The number of allylic oxidation sites excluding steroid dienone is 2. The van der Waals surface area contributed by atoms with Crippen LogP contribution in [0.3, 0.4) is 0 Å². The quantitative estimate of drug-likeness (QED) is 0.481. The van der Waals surface area contributed by atoms with Crippen molar-refractivity contribution in [3.05, 3.63) is 68.7 Å². The van der Waals surface area contributed by atoms with Crippen molar-refractivity contribution in [2.75, 3.05) is 0 Å². The number of aromatic hydroxyl groups is 1. The minimum atomic E-state index is -0.512. The van der Waals surface area contributed by atoms with E-state index in [1.807, 2.05) is 6.07 Å². The molecule has 2 aromatic carbocycles. The lowest BCUT2D eigenvalue weighted by Gasteiger charge is -2.06. The third kappa shape index (κ3) is 2.31. The minimum absolute atomic E-state index is 0.0729. The Hall–Kier alpha value is -2.61. The number of Topliss-reactive ketones (excluding diaryl/α,β-unsaturated/α-hetero) is 2. The number of hydrogen-bond donors (Lipinski definition) is 1. The lowest BCUT2D eigenvalue weighted by atomic mass is 9.97. The van der Waals surface area contributed by atoms with E-state index >= 15 is 0 Å². The van der Waals surface area contributed by atoms with Gasteiger partial charge < -0.3 is 5.11 Å². The average molecular weight is 344 g/mol. The smallest absolute Gasteiger partial charge is 0.199 e. The molecule has 1 N–H and O–H groups in total. The van der Waals surface area contributed by atoms with Crippen LogP contribution in [0.25, 0.3) is 5.57 Å². The van der Waals surface area contributed by atoms with Gasteiger partial charge in [-0.3, -0.25) is 9.59 Å². The molecule has 0 atom stereocenters. The predicted molar refractivity (Wildman–Crippen MR) is 85.8 cm³/mol. The van der Waals surface area contributed by atoms with E-state index in [-0.39, 0.29) is 43.6 Å². The summed E-state index contributed by atoms with van der Waals surface area (Å²) in [5.74, 6) is -1.35. The molecule has 6 heteroatoms. The number of benzene rings is 2. The van der Waals surface area contributed by atoms with E-state index in [2.05, 4.69) is 0 Å². The van der Waals surface area contributed by atoms with Crippen LogP contribution in [0.5, 0.6) is 5.75 Å². The molecule has 0 bridgehead atoms. The number of rotatable bonds is 1. The van der Waals surface area contributed by atoms with E-state index < -0.39 is 11.6 Å². The fraction of sp³-hybridized carbons (Fsp3) is 0. The molecule has 1 aliphatic carbocycles. The topological polar surface area (TPSA) is 78.2 Å². The van der Waals surface area contributed by atoms with Gasteiger partial charge in [-0.1, -0.05) is 47.5 Å². The lowest BCUT2D eigenvalue weighted by molar-refractivity contribution is 0.0990. The van der Waals surface area contributed by atoms with E-state index in [9.17, 15) is 20.0 Å². The Kier molecular flexibility index (Phi) is 3.69. The molecule has 0 spiro atoms. The number of ketones is 2. The van der Waals surface area contributed by atoms with Crippen LogP contribution >= 0.6 is 23.2 Å². The van der Waals surface area contributed by atoms with Crippen LogP contribution in [0.1, 0.15) is 26.3 Å². The summed E-state index contributed by atoms with van der Waals surface area (Å²) in [4.78, 5) is 24.9. The van der Waals surface area contributed by atoms with Gasteiger partial charge in [0, 0.05) is 11.1 Å². The van der Waals surface area contributed by atoms with Gasteiger partial charge >= 0.3 is 0 Å². The Morgan fingerprint density at radius 2 is 1.48 bits per heavy atom. The van der Waals surface area contributed by atoms with Crippen LogP contribution in [-0.2, 0) is 0 Å². The molecule has 0 amide bonds. The molecule has 2 aromatic rings. The normalized spacial score (nSPS) is 13.0. The SMILES string of the molecule is N#CC(=C1C(=O)c2ccccc2C1=O)c1cc(Cl)c(O)c(Cl)c1. The number of nitriles is 1. The third-order valence-electron chi connectivity index (χ3n) is 3.54. The minimum Gasteiger partial charge on any atom is -0.505 e. The number of nitrogens with zero attached hydrogens (tertiary/aromatic N) is 1.